The van der Waals surface area contributed by atoms with Crippen molar-refractivity contribution in [2.45, 2.75) is 38.3 Å². The van der Waals surface area contributed by atoms with Crippen LogP contribution in [0.25, 0.3) is 0 Å². The van der Waals surface area contributed by atoms with Gasteiger partial charge in [-0.25, -0.2) is 4.98 Å². The van der Waals surface area contributed by atoms with Gasteiger partial charge >= 0.3 is 0 Å². The van der Waals surface area contributed by atoms with Gasteiger partial charge in [-0.2, -0.15) is 4.98 Å². The molecule has 2 amide bonds. The molecule has 3 atom stereocenters. The fraction of sp³-hybridized carbons (Fsp3) is 0.400. The minimum absolute atomic E-state index is 0.0191. The summed E-state index contributed by atoms with van der Waals surface area (Å²) in [6.07, 6.45) is 3.45. The molecule has 0 unspecified atom stereocenters. The molecule has 3 rings (SSSR count). The van der Waals surface area contributed by atoms with Crippen molar-refractivity contribution >= 4 is 29.3 Å². The fourth-order valence-corrected chi connectivity index (χ4v) is 3.58. The lowest BCUT2D eigenvalue weighted by molar-refractivity contribution is -0.125. The molecule has 2 aromatic rings. The first-order chi connectivity index (χ1) is 13.9. The van der Waals surface area contributed by atoms with Crippen LogP contribution in [0.15, 0.2) is 30.5 Å². The molecular formula is C20H27N7O2. The fourth-order valence-electron chi connectivity index (χ4n) is 3.58. The standard InChI is InChI=1S/C20H27N7O2/c1-11-4-3-5-13(8-11)25-18-14(17(22)28)10-24-20(27-18)26-16-7-6-12(9-15(16)21)19(29)23-2/h3-5,8,10,12,15-16H,6-7,9,21H2,1-2H3,(H2,22,28)(H,23,29)(H2,24,25,26,27)/t12-,15-,16-/m1/s1. The summed E-state index contributed by atoms with van der Waals surface area (Å²) in [4.78, 5) is 32.3. The summed E-state index contributed by atoms with van der Waals surface area (Å²) < 4.78 is 0. The van der Waals surface area contributed by atoms with Crippen LogP contribution >= 0.6 is 0 Å². The Bertz CT molecular complexity index is 902. The van der Waals surface area contributed by atoms with Crippen LogP contribution in [0.4, 0.5) is 17.5 Å². The van der Waals surface area contributed by atoms with Crippen LogP contribution in [0.3, 0.4) is 0 Å². The Morgan fingerprint density at radius 1 is 1.24 bits per heavy atom. The van der Waals surface area contributed by atoms with E-state index in [1.807, 2.05) is 31.2 Å². The molecule has 0 saturated heterocycles. The number of benzene rings is 1. The second-order valence-electron chi connectivity index (χ2n) is 7.35. The van der Waals surface area contributed by atoms with Crippen LogP contribution in [0.5, 0.6) is 0 Å². The van der Waals surface area contributed by atoms with Gasteiger partial charge in [0.1, 0.15) is 11.4 Å². The second kappa shape index (κ2) is 8.87. The molecule has 0 aliphatic heterocycles. The second-order valence-corrected chi connectivity index (χ2v) is 7.35. The highest BCUT2D eigenvalue weighted by Crippen LogP contribution is 2.26. The summed E-state index contributed by atoms with van der Waals surface area (Å²) >= 11 is 0. The third-order valence-corrected chi connectivity index (χ3v) is 5.17. The number of anilines is 3. The van der Waals surface area contributed by atoms with Crippen molar-refractivity contribution in [3.8, 4) is 0 Å². The molecule has 0 bridgehead atoms. The van der Waals surface area contributed by atoms with Gasteiger partial charge in [-0.1, -0.05) is 12.1 Å². The molecule has 29 heavy (non-hydrogen) atoms. The van der Waals surface area contributed by atoms with E-state index < -0.39 is 5.91 Å². The van der Waals surface area contributed by atoms with Crippen LogP contribution in [-0.2, 0) is 4.79 Å². The molecule has 1 aliphatic carbocycles. The number of amides is 2. The zero-order valence-corrected chi connectivity index (χ0v) is 16.6. The smallest absolute Gasteiger partial charge is 0.254 e. The highest BCUT2D eigenvalue weighted by Gasteiger charge is 2.32. The average Bonchev–Trinajstić information content (AvgIpc) is 2.69. The topological polar surface area (TPSA) is 148 Å². The van der Waals surface area contributed by atoms with E-state index in [2.05, 4.69) is 25.9 Å². The maximum atomic E-state index is 11.9. The van der Waals surface area contributed by atoms with Crippen LogP contribution in [0.1, 0.15) is 35.2 Å². The highest BCUT2D eigenvalue weighted by atomic mass is 16.2. The number of aromatic nitrogens is 2. The van der Waals surface area contributed by atoms with Gasteiger partial charge in [0.25, 0.3) is 5.91 Å². The molecular weight excluding hydrogens is 370 g/mol. The number of nitrogens with one attached hydrogen (secondary N) is 3. The minimum Gasteiger partial charge on any atom is -0.365 e. The summed E-state index contributed by atoms with van der Waals surface area (Å²) in [5.41, 5.74) is 13.8. The summed E-state index contributed by atoms with van der Waals surface area (Å²) in [5, 5.41) is 9.06. The van der Waals surface area contributed by atoms with Gasteiger partial charge in [-0.15, -0.1) is 0 Å². The molecule has 1 heterocycles. The monoisotopic (exact) mass is 397 g/mol. The van der Waals surface area contributed by atoms with E-state index in [4.69, 9.17) is 11.5 Å². The predicted octanol–water partition coefficient (Wildman–Crippen LogP) is 1.28. The predicted molar refractivity (Wildman–Crippen MR) is 112 cm³/mol. The highest BCUT2D eigenvalue weighted by molar-refractivity contribution is 5.98. The minimum atomic E-state index is -0.616. The van der Waals surface area contributed by atoms with Gasteiger partial charge in [0.05, 0.1) is 0 Å². The summed E-state index contributed by atoms with van der Waals surface area (Å²) in [6.45, 7) is 1.98. The third kappa shape index (κ3) is 5.00. The number of rotatable bonds is 6. The maximum Gasteiger partial charge on any atom is 0.254 e. The molecule has 0 radical (unpaired) electrons. The van der Waals surface area contributed by atoms with Crippen LogP contribution < -0.4 is 27.4 Å². The zero-order valence-electron chi connectivity index (χ0n) is 16.6. The molecule has 1 aliphatic rings. The van der Waals surface area contributed by atoms with Crippen LogP contribution in [0, 0.1) is 12.8 Å². The Morgan fingerprint density at radius 3 is 2.69 bits per heavy atom. The van der Waals surface area contributed by atoms with E-state index >= 15 is 0 Å². The molecule has 9 heteroatoms. The first-order valence-corrected chi connectivity index (χ1v) is 9.61. The quantitative estimate of drug-likeness (QED) is 0.493. The van der Waals surface area contributed by atoms with Crippen molar-refractivity contribution in [1.82, 2.24) is 15.3 Å². The molecule has 9 nitrogen and oxygen atoms in total. The van der Waals surface area contributed by atoms with E-state index in [1.54, 1.807) is 7.05 Å². The van der Waals surface area contributed by atoms with Crippen molar-refractivity contribution in [1.29, 1.82) is 0 Å². The molecule has 1 aromatic heterocycles. The Morgan fingerprint density at radius 2 is 2.03 bits per heavy atom. The number of carbonyl (C=O) groups is 2. The van der Waals surface area contributed by atoms with Gasteiger partial charge in [-0.05, 0) is 43.9 Å². The van der Waals surface area contributed by atoms with Crippen molar-refractivity contribution in [2.24, 2.45) is 17.4 Å². The van der Waals surface area contributed by atoms with Gasteiger partial charge in [0.15, 0.2) is 0 Å². The lowest BCUT2D eigenvalue weighted by Crippen LogP contribution is -2.48. The van der Waals surface area contributed by atoms with E-state index in [0.29, 0.717) is 18.2 Å². The molecule has 7 N–H and O–H groups in total. The number of aryl methyl sites for hydroxylation is 1. The van der Waals surface area contributed by atoms with Crippen LogP contribution in [0.2, 0.25) is 0 Å². The van der Waals surface area contributed by atoms with Crippen molar-refractivity contribution < 1.29 is 9.59 Å². The van der Waals surface area contributed by atoms with Gasteiger partial charge in [0, 0.05) is 36.9 Å². The van der Waals surface area contributed by atoms with Gasteiger partial charge in [-0.3, -0.25) is 9.59 Å². The molecule has 154 valence electrons. The molecule has 1 aromatic carbocycles. The first-order valence-electron chi connectivity index (χ1n) is 9.61. The van der Waals surface area contributed by atoms with Gasteiger partial charge in [0.2, 0.25) is 11.9 Å². The van der Waals surface area contributed by atoms with Gasteiger partial charge < -0.3 is 27.4 Å². The number of primary amides is 1. The Kier molecular flexibility index (Phi) is 6.28. The number of nitrogens with two attached hydrogens (primary N) is 2. The van der Waals surface area contributed by atoms with E-state index in [9.17, 15) is 9.59 Å². The maximum absolute atomic E-state index is 11.9. The lowest BCUT2D eigenvalue weighted by atomic mass is 9.82. The average molecular weight is 397 g/mol. The Hall–Kier alpha value is -3.20. The lowest BCUT2D eigenvalue weighted by Gasteiger charge is -2.33. The molecule has 1 saturated carbocycles. The Balaban J connectivity index is 1.77. The number of hydrogen-bond donors (Lipinski definition) is 5. The summed E-state index contributed by atoms with van der Waals surface area (Å²) in [6, 6.07) is 7.43. The zero-order chi connectivity index (χ0) is 21.0. The molecule has 0 spiro atoms. The van der Waals surface area contributed by atoms with E-state index in [-0.39, 0.29) is 29.5 Å². The number of carbonyl (C=O) groups excluding carboxylic acids is 2. The largest absolute Gasteiger partial charge is 0.365 e. The van der Waals surface area contributed by atoms with E-state index in [0.717, 1.165) is 24.1 Å². The normalized spacial score (nSPS) is 21.3. The molecule has 1 fully saturated rings. The first kappa shape index (κ1) is 20.5. The van der Waals surface area contributed by atoms with Crippen molar-refractivity contribution in [2.75, 3.05) is 17.7 Å². The van der Waals surface area contributed by atoms with E-state index in [1.165, 1.54) is 6.20 Å². The van der Waals surface area contributed by atoms with Crippen molar-refractivity contribution in [3.63, 3.8) is 0 Å². The van der Waals surface area contributed by atoms with Crippen molar-refractivity contribution in [3.05, 3.63) is 41.6 Å². The Labute approximate surface area is 169 Å². The number of nitrogens with zero attached hydrogens (tertiary/aromatic N) is 2. The SMILES string of the molecule is CNC(=O)[C@@H]1CC[C@@H](Nc2ncc(C(N)=O)c(Nc3cccc(C)c3)n2)[C@H](N)C1. The summed E-state index contributed by atoms with van der Waals surface area (Å²) in [5.74, 6) is 0.00191. The third-order valence-electron chi connectivity index (χ3n) is 5.17. The number of hydrogen-bond acceptors (Lipinski definition) is 7. The summed E-state index contributed by atoms with van der Waals surface area (Å²) in [7, 11) is 1.63. The van der Waals surface area contributed by atoms with Crippen LogP contribution in [-0.4, -0.2) is 40.9 Å².